The lowest BCUT2D eigenvalue weighted by molar-refractivity contribution is -0.793. The third kappa shape index (κ3) is 1.81. The Bertz CT molecular complexity index is 636. The van der Waals surface area contributed by atoms with Crippen molar-refractivity contribution in [3.63, 3.8) is 0 Å². The molecular weight excluding hydrogens is 248 g/mol. The monoisotopic (exact) mass is 252 g/mol. The van der Waals surface area contributed by atoms with Gasteiger partial charge < -0.3 is 15.3 Å². The first-order valence-electron chi connectivity index (χ1n) is 4.49. The highest BCUT2D eigenvalue weighted by Crippen LogP contribution is 2.27. The van der Waals surface area contributed by atoms with Crippen LogP contribution in [0.25, 0.3) is 11.3 Å². The zero-order valence-electron chi connectivity index (χ0n) is 8.55. The first-order chi connectivity index (χ1) is 8.50. The Morgan fingerprint density at radius 2 is 1.94 bits per heavy atom. The smallest absolute Gasteiger partial charge is 0.359 e. The second-order valence-corrected chi connectivity index (χ2v) is 3.17. The van der Waals surface area contributed by atoms with Crippen LogP contribution in [0.2, 0.25) is 0 Å². The van der Waals surface area contributed by atoms with Crippen LogP contribution in [0.15, 0.2) is 28.9 Å². The molecule has 0 aliphatic carbocycles. The van der Waals surface area contributed by atoms with E-state index in [-0.39, 0.29) is 16.2 Å². The lowest BCUT2D eigenvalue weighted by Gasteiger charge is -1.97. The summed E-state index contributed by atoms with van der Waals surface area (Å²) in [6.45, 7) is 0. The summed E-state index contributed by atoms with van der Waals surface area (Å²) in [4.78, 5) is 19.4. The summed E-state index contributed by atoms with van der Waals surface area (Å²) in [6, 6.07) is 4.82. The van der Waals surface area contributed by atoms with Crippen molar-refractivity contribution in [3.05, 3.63) is 49.7 Å². The number of hydrogen-bond acceptors (Lipinski definition) is 7. The van der Waals surface area contributed by atoms with Crippen molar-refractivity contribution in [1.82, 2.24) is 5.16 Å². The molecule has 1 aromatic carbocycles. The van der Waals surface area contributed by atoms with E-state index < -0.39 is 21.4 Å². The van der Waals surface area contributed by atoms with E-state index in [9.17, 15) is 25.4 Å². The van der Waals surface area contributed by atoms with Gasteiger partial charge in [0.25, 0.3) is 11.4 Å². The Balaban J connectivity index is 2.61. The van der Waals surface area contributed by atoms with Gasteiger partial charge in [-0.15, -0.1) is 0 Å². The summed E-state index contributed by atoms with van der Waals surface area (Å²) in [5, 5.41) is 35.4. The highest BCUT2D eigenvalue weighted by atomic mass is 16.8. The van der Waals surface area contributed by atoms with E-state index in [1.54, 1.807) is 0 Å². The van der Waals surface area contributed by atoms with Crippen LogP contribution < -0.4 is 4.90 Å². The quantitative estimate of drug-likeness (QED) is 0.446. The number of nitro groups is 2. The number of nitro benzene ring substituents is 1. The van der Waals surface area contributed by atoms with Crippen molar-refractivity contribution in [2.45, 2.75) is 0 Å². The molecule has 0 aliphatic heterocycles. The molecule has 18 heavy (non-hydrogen) atoms. The van der Waals surface area contributed by atoms with Gasteiger partial charge in [0.15, 0.2) is 0 Å². The molecule has 0 radical (unpaired) electrons. The standard InChI is InChI=1S/C8H4N4O6/c13-10(14)6-3-1-2-5(4-6)7-8(11(15)16)9-18-12(7)17/h1-4H. The van der Waals surface area contributed by atoms with Gasteiger partial charge in [0.2, 0.25) is 0 Å². The summed E-state index contributed by atoms with van der Waals surface area (Å²) in [5.41, 5.74) is -0.807. The van der Waals surface area contributed by atoms with E-state index in [4.69, 9.17) is 0 Å². The van der Waals surface area contributed by atoms with Crippen molar-refractivity contribution in [3.8, 4) is 11.3 Å². The van der Waals surface area contributed by atoms with E-state index in [0.717, 1.165) is 6.07 Å². The van der Waals surface area contributed by atoms with Gasteiger partial charge in [0.1, 0.15) is 0 Å². The van der Waals surface area contributed by atoms with Crippen LogP contribution in [-0.4, -0.2) is 15.0 Å². The molecule has 0 aliphatic rings. The summed E-state index contributed by atoms with van der Waals surface area (Å²) in [6.07, 6.45) is 0. The molecule has 2 aromatic rings. The zero-order chi connectivity index (χ0) is 13.3. The average Bonchev–Trinajstić information content (AvgIpc) is 2.71. The zero-order valence-corrected chi connectivity index (χ0v) is 8.55. The fourth-order valence-corrected chi connectivity index (χ4v) is 1.36. The number of nitrogens with zero attached hydrogens (tertiary/aromatic N) is 4. The molecule has 2 rings (SSSR count). The first kappa shape index (κ1) is 11.4. The number of rotatable bonds is 3. The Labute approximate surface area is 97.9 Å². The Kier molecular flexibility index (Phi) is 2.60. The van der Waals surface area contributed by atoms with Crippen molar-refractivity contribution in [1.29, 1.82) is 0 Å². The van der Waals surface area contributed by atoms with Crippen LogP contribution in [0.1, 0.15) is 0 Å². The molecule has 0 saturated heterocycles. The van der Waals surface area contributed by atoms with Gasteiger partial charge in [-0.3, -0.25) is 14.7 Å². The van der Waals surface area contributed by atoms with Crippen LogP contribution >= 0.6 is 0 Å². The van der Waals surface area contributed by atoms with Crippen LogP contribution in [0, 0.1) is 25.4 Å². The molecule has 0 unspecified atom stereocenters. The van der Waals surface area contributed by atoms with Crippen molar-refractivity contribution in [2.24, 2.45) is 0 Å². The summed E-state index contributed by atoms with van der Waals surface area (Å²) < 4.78 is 4.11. The average molecular weight is 252 g/mol. The minimum Gasteiger partial charge on any atom is -0.359 e. The van der Waals surface area contributed by atoms with Crippen LogP contribution in [0.5, 0.6) is 0 Å². The predicted molar refractivity (Wildman–Crippen MR) is 54.2 cm³/mol. The summed E-state index contributed by atoms with van der Waals surface area (Å²) in [7, 11) is 0. The Morgan fingerprint density at radius 1 is 1.22 bits per heavy atom. The molecule has 0 N–H and O–H groups in total. The lowest BCUT2D eigenvalue weighted by Crippen LogP contribution is -2.25. The molecule has 10 heteroatoms. The maximum Gasteiger partial charge on any atom is 0.440 e. The molecule has 10 nitrogen and oxygen atoms in total. The van der Waals surface area contributed by atoms with Gasteiger partial charge in [0.05, 0.1) is 10.1 Å². The minimum atomic E-state index is -0.911. The maximum absolute atomic E-state index is 11.2. The number of aromatic nitrogens is 2. The van der Waals surface area contributed by atoms with E-state index in [1.165, 1.54) is 18.2 Å². The van der Waals surface area contributed by atoms with Gasteiger partial charge >= 0.3 is 5.82 Å². The topological polar surface area (TPSA) is 139 Å². The van der Waals surface area contributed by atoms with Gasteiger partial charge in [-0.2, -0.15) is 0 Å². The van der Waals surface area contributed by atoms with E-state index in [2.05, 4.69) is 9.79 Å². The first-order valence-corrected chi connectivity index (χ1v) is 4.49. The van der Waals surface area contributed by atoms with Gasteiger partial charge in [-0.25, -0.2) is 0 Å². The molecule has 0 saturated carbocycles. The minimum absolute atomic E-state index is 0.0212. The molecule has 0 bridgehead atoms. The molecular formula is C8H4N4O6. The highest BCUT2D eigenvalue weighted by Gasteiger charge is 2.27. The van der Waals surface area contributed by atoms with Crippen LogP contribution in [0.4, 0.5) is 11.5 Å². The lowest BCUT2D eigenvalue weighted by atomic mass is 10.1. The van der Waals surface area contributed by atoms with E-state index in [0.29, 0.717) is 0 Å². The molecule has 0 atom stereocenters. The van der Waals surface area contributed by atoms with Crippen molar-refractivity contribution < 1.29 is 19.4 Å². The Morgan fingerprint density at radius 3 is 2.56 bits per heavy atom. The fourth-order valence-electron chi connectivity index (χ4n) is 1.36. The molecule has 1 aromatic heterocycles. The van der Waals surface area contributed by atoms with Gasteiger partial charge in [-0.1, -0.05) is 6.07 Å². The van der Waals surface area contributed by atoms with Crippen molar-refractivity contribution in [2.75, 3.05) is 0 Å². The third-order valence-electron chi connectivity index (χ3n) is 2.10. The summed E-state index contributed by atoms with van der Waals surface area (Å²) in [5.74, 6) is -0.800. The molecule has 0 fully saturated rings. The van der Waals surface area contributed by atoms with Crippen LogP contribution in [0.3, 0.4) is 0 Å². The molecule has 0 spiro atoms. The number of hydrogen-bond donors (Lipinski definition) is 0. The number of non-ortho nitro benzene ring substituents is 1. The van der Waals surface area contributed by atoms with E-state index >= 15 is 0 Å². The summed E-state index contributed by atoms with van der Waals surface area (Å²) >= 11 is 0. The SMILES string of the molecule is O=[N+]([O-])c1cccc(-c2c([N+](=O)[O-])no[n+]2[O-])c1. The van der Waals surface area contributed by atoms with Gasteiger partial charge in [0, 0.05) is 17.7 Å². The number of benzene rings is 1. The third-order valence-corrected chi connectivity index (χ3v) is 2.10. The van der Waals surface area contributed by atoms with Crippen LogP contribution in [-0.2, 0) is 0 Å². The molecule has 0 amide bonds. The highest BCUT2D eigenvalue weighted by molar-refractivity contribution is 5.66. The predicted octanol–water partition coefficient (Wildman–Crippen LogP) is 0.791. The molecule has 92 valence electrons. The second kappa shape index (κ2) is 4.08. The fraction of sp³-hybridized carbons (Fsp3) is 0. The maximum atomic E-state index is 11.2. The second-order valence-electron chi connectivity index (χ2n) is 3.17. The van der Waals surface area contributed by atoms with Gasteiger partial charge in [-0.05, 0) is 15.9 Å². The van der Waals surface area contributed by atoms with Crippen molar-refractivity contribution >= 4 is 11.5 Å². The van der Waals surface area contributed by atoms with E-state index in [1.807, 2.05) is 0 Å². The molecule has 1 heterocycles. The Hall–Kier alpha value is -3.04. The normalized spacial score (nSPS) is 10.2. The largest absolute Gasteiger partial charge is 0.440 e.